The second-order valence-corrected chi connectivity index (χ2v) is 4.91. The maximum Gasteiger partial charge on any atom is 0.114 e. The summed E-state index contributed by atoms with van der Waals surface area (Å²) < 4.78 is 5.77. The molecule has 2 radical (unpaired) electrons. The molecule has 1 aliphatic heterocycles. The molecule has 1 heterocycles. The van der Waals surface area contributed by atoms with Crippen LogP contribution < -0.4 is 5.46 Å². The van der Waals surface area contributed by atoms with Crippen LogP contribution in [-0.4, -0.2) is 7.85 Å². The average Bonchev–Trinajstić information content (AvgIpc) is 3.09. The van der Waals surface area contributed by atoms with E-state index >= 15 is 0 Å². The van der Waals surface area contributed by atoms with Gasteiger partial charge in [-0.25, -0.2) is 0 Å². The minimum absolute atomic E-state index is 0.226. The summed E-state index contributed by atoms with van der Waals surface area (Å²) in [7, 11) is 5.86. The first-order chi connectivity index (χ1) is 8.24. The van der Waals surface area contributed by atoms with Crippen molar-refractivity contribution in [3.05, 3.63) is 53.1 Å². The lowest BCUT2D eigenvalue weighted by atomic mass is 9.82. The van der Waals surface area contributed by atoms with Gasteiger partial charge in [-0.3, -0.25) is 0 Å². The molecule has 1 saturated heterocycles. The van der Waals surface area contributed by atoms with Crippen molar-refractivity contribution in [1.29, 1.82) is 0 Å². The van der Waals surface area contributed by atoms with Gasteiger partial charge in [0.15, 0.2) is 0 Å². The first kappa shape index (κ1) is 9.49. The first-order valence-electron chi connectivity index (χ1n) is 5.90. The third-order valence-electron chi connectivity index (χ3n) is 3.68. The number of hydrogen-bond donors (Lipinski definition) is 0. The van der Waals surface area contributed by atoms with Gasteiger partial charge in [0.25, 0.3) is 0 Å². The fourth-order valence-electron chi connectivity index (χ4n) is 2.80. The molecule has 0 amide bonds. The Hall–Kier alpha value is -1.54. The molecule has 2 aromatic carbocycles. The van der Waals surface area contributed by atoms with Crippen LogP contribution in [0.4, 0.5) is 0 Å². The summed E-state index contributed by atoms with van der Waals surface area (Å²) in [5.41, 5.74) is 7.24. The molecule has 0 bridgehead atoms. The fraction of sp³-hybridized carbons (Fsp3) is 0.200. The Balaban J connectivity index is 2.04. The van der Waals surface area contributed by atoms with Crippen molar-refractivity contribution in [2.75, 3.05) is 0 Å². The Kier molecular flexibility index (Phi) is 1.69. The van der Waals surface area contributed by atoms with Gasteiger partial charge in [0.1, 0.15) is 20.1 Å². The predicted octanol–water partition coefficient (Wildman–Crippen LogP) is 2.58. The van der Waals surface area contributed by atoms with Gasteiger partial charge >= 0.3 is 0 Å². The molecule has 2 aliphatic rings. The molecule has 0 aromatic heterocycles. The minimum Gasteiger partial charge on any atom is -0.359 e. The molecule has 0 spiro atoms. The van der Waals surface area contributed by atoms with Gasteiger partial charge in [-0.15, -0.1) is 0 Å². The largest absolute Gasteiger partial charge is 0.359 e. The van der Waals surface area contributed by atoms with E-state index in [2.05, 4.69) is 31.2 Å². The summed E-state index contributed by atoms with van der Waals surface area (Å²) in [4.78, 5) is 0. The predicted molar refractivity (Wildman–Crippen MR) is 68.6 cm³/mol. The van der Waals surface area contributed by atoms with Gasteiger partial charge in [0, 0.05) is 0 Å². The number of epoxide rings is 1. The van der Waals surface area contributed by atoms with Crippen LogP contribution in [0.1, 0.15) is 28.9 Å². The number of aryl methyl sites for hydroxylation is 1. The lowest BCUT2D eigenvalue weighted by molar-refractivity contribution is 0.380. The van der Waals surface area contributed by atoms with Crippen molar-refractivity contribution in [2.45, 2.75) is 19.1 Å². The van der Waals surface area contributed by atoms with E-state index in [0.717, 1.165) is 5.46 Å². The van der Waals surface area contributed by atoms with Crippen LogP contribution in [0.15, 0.2) is 36.4 Å². The number of fused-ring (bicyclic) bond motifs is 6. The van der Waals surface area contributed by atoms with Crippen molar-refractivity contribution in [3.63, 3.8) is 0 Å². The van der Waals surface area contributed by atoms with Crippen LogP contribution in [0.5, 0.6) is 0 Å². The molecule has 17 heavy (non-hydrogen) atoms. The third-order valence-corrected chi connectivity index (χ3v) is 3.68. The van der Waals surface area contributed by atoms with Gasteiger partial charge in [-0.2, -0.15) is 0 Å². The molecular weight excluding hydrogens is 207 g/mol. The van der Waals surface area contributed by atoms with E-state index < -0.39 is 0 Å². The fourth-order valence-corrected chi connectivity index (χ4v) is 2.80. The quantitative estimate of drug-likeness (QED) is 0.489. The van der Waals surface area contributed by atoms with Gasteiger partial charge < -0.3 is 4.74 Å². The zero-order chi connectivity index (χ0) is 11.6. The summed E-state index contributed by atoms with van der Waals surface area (Å²) in [6, 6.07) is 12.7. The smallest absolute Gasteiger partial charge is 0.114 e. The Labute approximate surface area is 102 Å². The minimum atomic E-state index is 0.226. The van der Waals surface area contributed by atoms with E-state index in [1.165, 1.54) is 27.8 Å². The Morgan fingerprint density at radius 1 is 0.941 bits per heavy atom. The molecule has 1 fully saturated rings. The third kappa shape index (κ3) is 1.25. The molecule has 80 valence electrons. The molecule has 2 atom stereocenters. The van der Waals surface area contributed by atoms with Crippen molar-refractivity contribution < 1.29 is 4.74 Å². The normalized spacial score (nSPS) is 23.6. The van der Waals surface area contributed by atoms with Gasteiger partial charge in [0.2, 0.25) is 0 Å². The molecular formula is C15H11BO. The standard InChI is InChI=1S/C15H11BO/c1-8-2-4-11-12(6-8)10-5-3-9(16)7-13(10)15-14(11)17-15/h2-7,14-15H,1H3. The number of ether oxygens (including phenoxy) is 1. The summed E-state index contributed by atoms with van der Waals surface area (Å²) in [5, 5.41) is 0. The van der Waals surface area contributed by atoms with Crippen molar-refractivity contribution in [3.8, 4) is 11.1 Å². The van der Waals surface area contributed by atoms with Gasteiger partial charge in [0.05, 0.1) is 0 Å². The van der Waals surface area contributed by atoms with Crippen LogP contribution in [0.3, 0.4) is 0 Å². The Bertz CT molecular complexity index is 633. The molecule has 4 rings (SSSR count). The maximum absolute atomic E-state index is 5.86. The number of rotatable bonds is 0. The molecule has 2 aromatic rings. The topological polar surface area (TPSA) is 12.5 Å². The molecule has 0 N–H and O–H groups in total. The van der Waals surface area contributed by atoms with Crippen molar-refractivity contribution in [2.24, 2.45) is 0 Å². The highest BCUT2D eigenvalue weighted by atomic mass is 16.6. The summed E-state index contributed by atoms with van der Waals surface area (Å²) in [6.45, 7) is 2.12. The van der Waals surface area contributed by atoms with Crippen LogP contribution in [0, 0.1) is 6.92 Å². The number of benzene rings is 2. The van der Waals surface area contributed by atoms with Crippen LogP contribution in [0.2, 0.25) is 0 Å². The highest BCUT2D eigenvalue weighted by molar-refractivity contribution is 6.32. The SMILES string of the molecule is [B]c1ccc2c(c1)C1OC1c1ccc(C)cc1-2. The molecule has 2 unspecified atom stereocenters. The zero-order valence-electron chi connectivity index (χ0n) is 9.60. The molecule has 0 saturated carbocycles. The Morgan fingerprint density at radius 2 is 1.76 bits per heavy atom. The second-order valence-electron chi connectivity index (χ2n) is 4.91. The monoisotopic (exact) mass is 218 g/mol. The average molecular weight is 218 g/mol. The highest BCUT2D eigenvalue weighted by Crippen LogP contribution is 2.59. The first-order valence-corrected chi connectivity index (χ1v) is 5.90. The van der Waals surface area contributed by atoms with Gasteiger partial charge in [-0.05, 0) is 29.2 Å². The second kappa shape index (κ2) is 3.02. The summed E-state index contributed by atoms with van der Waals surface area (Å²) >= 11 is 0. The van der Waals surface area contributed by atoms with E-state index in [-0.39, 0.29) is 12.2 Å². The highest BCUT2D eigenvalue weighted by Gasteiger charge is 2.47. The van der Waals surface area contributed by atoms with E-state index in [9.17, 15) is 0 Å². The van der Waals surface area contributed by atoms with E-state index in [1.54, 1.807) is 0 Å². The molecule has 1 nitrogen and oxygen atoms in total. The van der Waals surface area contributed by atoms with Crippen molar-refractivity contribution >= 4 is 13.3 Å². The lowest BCUT2D eigenvalue weighted by Gasteiger charge is -2.17. The lowest BCUT2D eigenvalue weighted by Crippen LogP contribution is -2.07. The van der Waals surface area contributed by atoms with Crippen LogP contribution in [0.25, 0.3) is 11.1 Å². The Morgan fingerprint density at radius 3 is 2.65 bits per heavy atom. The van der Waals surface area contributed by atoms with Crippen LogP contribution in [-0.2, 0) is 4.74 Å². The summed E-state index contributed by atoms with van der Waals surface area (Å²) in [5.74, 6) is 0. The van der Waals surface area contributed by atoms with E-state index in [0.29, 0.717) is 0 Å². The zero-order valence-corrected chi connectivity index (χ0v) is 9.60. The van der Waals surface area contributed by atoms with Gasteiger partial charge in [-0.1, -0.05) is 47.4 Å². The van der Waals surface area contributed by atoms with Crippen LogP contribution >= 0.6 is 0 Å². The number of hydrogen-bond acceptors (Lipinski definition) is 1. The molecule has 2 heteroatoms. The maximum atomic E-state index is 5.86. The molecule has 1 aliphatic carbocycles. The van der Waals surface area contributed by atoms with E-state index in [1.807, 2.05) is 12.1 Å². The van der Waals surface area contributed by atoms with Crippen molar-refractivity contribution in [1.82, 2.24) is 0 Å². The van der Waals surface area contributed by atoms with E-state index in [4.69, 9.17) is 12.6 Å². The summed E-state index contributed by atoms with van der Waals surface area (Å²) in [6.07, 6.45) is 0.476.